The summed E-state index contributed by atoms with van der Waals surface area (Å²) in [5.74, 6) is 0.529. The maximum atomic E-state index is 13.2. The molecule has 2 aromatic rings. The van der Waals surface area contributed by atoms with E-state index >= 15 is 0 Å². The van der Waals surface area contributed by atoms with Gasteiger partial charge in [-0.15, -0.1) is 4.36 Å². The summed E-state index contributed by atoms with van der Waals surface area (Å²) in [6.45, 7) is 15.3. The zero-order valence-corrected chi connectivity index (χ0v) is 20.7. The Morgan fingerprint density at radius 3 is 2.62 bits per heavy atom. The summed E-state index contributed by atoms with van der Waals surface area (Å²) >= 11 is 0. The van der Waals surface area contributed by atoms with Gasteiger partial charge in [-0.2, -0.15) is 5.10 Å². The lowest BCUT2D eigenvalue weighted by Crippen LogP contribution is -2.33. The number of aryl methyl sites for hydroxylation is 1. The molecule has 1 aliphatic rings. The van der Waals surface area contributed by atoms with Gasteiger partial charge in [0.25, 0.3) is 0 Å². The largest absolute Gasteiger partial charge is 0.476 e. The van der Waals surface area contributed by atoms with Gasteiger partial charge in [0.05, 0.1) is 30.7 Å². The Morgan fingerprint density at radius 2 is 2.03 bits per heavy atom. The monoisotopic (exact) mass is 462 g/mol. The van der Waals surface area contributed by atoms with Gasteiger partial charge in [-0.25, -0.2) is 18.8 Å². The van der Waals surface area contributed by atoms with Crippen molar-refractivity contribution in [3.8, 4) is 5.88 Å². The Hall–Kier alpha value is -2.46. The van der Waals surface area contributed by atoms with Crippen LogP contribution in [0.5, 0.6) is 5.88 Å². The summed E-state index contributed by atoms with van der Waals surface area (Å²) in [6.07, 6.45) is 2.16. The average molecular weight is 463 g/mol. The number of amides is 2. The van der Waals surface area contributed by atoms with Crippen LogP contribution in [0.4, 0.5) is 10.5 Å². The number of aromatic nitrogens is 3. The number of carbonyl (C=O) groups is 1. The number of nitrogens with zero attached hydrogens (tertiary/aromatic N) is 4. The molecule has 0 aromatic carbocycles. The SMILES string of the molecule is CCc1cc(C(C)C)c(NC(=O)N=S(N)(=O)c2cnn3c2OCC(C)(C)C3)c(C(C)C)n1. The predicted octanol–water partition coefficient (Wildman–Crippen LogP) is 4.44. The summed E-state index contributed by atoms with van der Waals surface area (Å²) in [5.41, 5.74) is 3.18. The number of nitrogens with one attached hydrogen (secondary N) is 1. The number of nitrogens with two attached hydrogens (primary N) is 1. The molecule has 0 saturated heterocycles. The summed E-state index contributed by atoms with van der Waals surface area (Å²) < 4.78 is 24.4. The lowest BCUT2D eigenvalue weighted by Gasteiger charge is -2.30. The molecule has 0 spiro atoms. The standard InChI is InChI=1S/C22H34N6O3S/c1-8-15-9-16(13(2)3)19(18(25-15)14(4)5)26-21(29)27-32(23,30)17-10-24-28-11-22(6,7)12-31-20(17)28/h9-10,13-14H,8,11-12H2,1-7H3,(H3,23,26,27,29,30). The Morgan fingerprint density at radius 1 is 1.34 bits per heavy atom. The van der Waals surface area contributed by atoms with Crippen LogP contribution in [0.2, 0.25) is 0 Å². The maximum absolute atomic E-state index is 13.2. The summed E-state index contributed by atoms with van der Waals surface area (Å²) in [7, 11) is -3.56. The molecule has 3 N–H and O–H groups in total. The second kappa shape index (κ2) is 8.82. The van der Waals surface area contributed by atoms with Crippen molar-refractivity contribution in [3.05, 3.63) is 29.2 Å². The predicted molar refractivity (Wildman–Crippen MR) is 125 cm³/mol. The van der Waals surface area contributed by atoms with Gasteiger partial charge in [0.15, 0.2) is 9.92 Å². The van der Waals surface area contributed by atoms with Crippen LogP contribution < -0.4 is 15.2 Å². The number of hydrogen-bond donors (Lipinski definition) is 2. The molecule has 2 aromatic heterocycles. The van der Waals surface area contributed by atoms with E-state index in [1.54, 1.807) is 4.68 Å². The number of anilines is 1. The van der Waals surface area contributed by atoms with E-state index in [4.69, 9.17) is 14.9 Å². The maximum Gasteiger partial charge on any atom is 0.354 e. The average Bonchev–Trinajstić information content (AvgIpc) is 3.09. The number of pyridine rings is 1. The number of ether oxygens (including phenoxy) is 1. The first-order chi connectivity index (χ1) is 14.8. The molecule has 3 heterocycles. The van der Waals surface area contributed by atoms with Crippen molar-refractivity contribution in [2.45, 2.75) is 78.2 Å². The van der Waals surface area contributed by atoms with Gasteiger partial charge in [-0.05, 0) is 29.9 Å². The number of carbonyl (C=O) groups excluding carboxylic acids is 1. The van der Waals surface area contributed by atoms with Gasteiger partial charge < -0.3 is 10.1 Å². The fourth-order valence-electron chi connectivity index (χ4n) is 3.67. The third kappa shape index (κ3) is 4.96. The molecule has 0 radical (unpaired) electrons. The highest BCUT2D eigenvalue weighted by atomic mass is 32.2. The van der Waals surface area contributed by atoms with Crippen molar-refractivity contribution >= 4 is 21.6 Å². The van der Waals surface area contributed by atoms with Crippen molar-refractivity contribution < 1.29 is 13.7 Å². The summed E-state index contributed by atoms with van der Waals surface area (Å²) in [4.78, 5) is 17.7. The molecule has 32 heavy (non-hydrogen) atoms. The number of rotatable bonds is 5. The van der Waals surface area contributed by atoms with E-state index in [9.17, 15) is 9.00 Å². The highest BCUT2D eigenvalue weighted by Gasteiger charge is 2.32. The Balaban J connectivity index is 1.98. The van der Waals surface area contributed by atoms with E-state index in [0.717, 1.165) is 23.4 Å². The van der Waals surface area contributed by atoms with Crippen LogP contribution in [0.3, 0.4) is 0 Å². The highest BCUT2D eigenvalue weighted by molar-refractivity contribution is 7.91. The lowest BCUT2D eigenvalue weighted by molar-refractivity contribution is 0.0972. The Labute approximate surface area is 190 Å². The molecule has 3 rings (SSSR count). The molecule has 1 aliphatic heterocycles. The van der Waals surface area contributed by atoms with Gasteiger partial charge in [0.2, 0.25) is 5.88 Å². The van der Waals surface area contributed by atoms with E-state index in [-0.39, 0.29) is 22.1 Å². The van der Waals surface area contributed by atoms with Crippen molar-refractivity contribution in [1.82, 2.24) is 14.8 Å². The topological polar surface area (TPSA) is 124 Å². The van der Waals surface area contributed by atoms with E-state index in [2.05, 4.69) is 28.6 Å². The van der Waals surface area contributed by atoms with Crippen LogP contribution in [-0.4, -0.2) is 31.6 Å². The van der Waals surface area contributed by atoms with Crippen LogP contribution in [0.1, 0.15) is 77.3 Å². The summed E-state index contributed by atoms with van der Waals surface area (Å²) in [5, 5.41) is 13.1. The molecule has 0 bridgehead atoms. The smallest absolute Gasteiger partial charge is 0.354 e. The van der Waals surface area contributed by atoms with Gasteiger partial charge in [-0.3, -0.25) is 4.98 Å². The molecular weight excluding hydrogens is 428 g/mol. The molecule has 9 nitrogen and oxygen atoms in total. The first-order valence-electron chi connectivity index (χ1n) is 10.9. The highest BCUT2D eigenvalue weighted by Crippen LogP contribution is 2.34. The minimum absolute atomic E-state index is 0.0796. The van der Waals surface area contributed by atoms with Crippen molar-refractivity contribution in [3.63, 3.8) is 0 Å². The van der Waals surface area contributed by atoms with Crippen molar-refractivity contribution in [2.75, 3.05) is 11.9 Å². The zero-order valence-electron chi connectivity index (χ0n) is 19.9. The number of urea groups is 1. The van der Waals surface area contributed by atoms with E-state index in [1.165, 1.54) is 6.20 Å². The van der Waals surface area contributed by atoms with Crippen LogP contribution in [0, 0.1) is 5.41 Å². The second-order valence-electron chi connectivity index (χ2n) is 9.64. The normalized spacial score (nSPS) is 16.9. The first-order valence-corrected chi connectivity index (χ1v) is 12.5. The second-order valence-corrected chi connectivity index (χ2v) is 11.4. The van der Waals surface area contributed by atoms with Crippen LogP contribution >= 0.6 is 0 Å². The summed E-state index contributed by atoms with van der Waals surface area (Å²) in [6, 6.07) is 1.21. The van der Waals surface area contributed by atoms with Gasteiger partial charge in [0.1, 0.15) is 4.90 Å². The Bertz CT molecular complexity index is 1110. The molecule has 0 fully saturated rings. The molecule has 2 amide bonds. The van der Waals surface area contributed by atoms with Gasteiger partial charge in [-0.1, -0.05) is 48.5 Å². The molecule has 1 atom stereocenters. The first kappa shape index (κ1) is 24.2. The van der Waals surface area contributed by atoms with E-state index in [1.807, 2.05) is 40.7 Å². The Kier molecular flexibility index (Phi) is 6.67. The molecule has 176 valence electrons. The van der Waals surface area contributed by atoms with Crippen LogP contribution in [0.15, 0.2) is 21.5 Å². The number of fused-ring (bicyclic) bond motifs is 1. The van der Waals surface area contributed by atoms with Gasteiger partial charge >= 0.3 is 6.03 Å². The minimum Gasteiger partial charge on any atom is -0.476 e. The van der Waals surface area contributed by atoms with Crippen LogP contribution in [-0.2, 0) is 22.9 Å². The van der Waals surface area contributed by atoms with E-state index in [0.29, 0.717) is 24.7 Å². The molecule has 10 heteroatoms. The third-order valence-electron chi connectivity index (χ3n) is 5.36. The third-order valence-corrected chi connectivity index (χ3v) is 6.71. The fourth-order valence-corrected chi connectivity index (χ4v) is 4.67. The fraction of sp³-hybridized carbons (Fsp3) is 0.591. The van der Waals surface area contributed by atoms with Crippen molar-refractivity contribution in [1.29, 1.82) is 0 Å². The lowest BCUT2D eigenvalue weighted by atomic mass is 9.94. The van der Waals surface area contributed by atoms with E-state index < -0.39 is 15.9 Å². The molecular formula is C22H34N6O3S. The van der Waals surface area contributed by atoms with Gasteiger partial charge in [0, 0.05) is 11.1 Å². The zero-order chi connectivity index (χ0) is 23.8. The van der Waals surface area contributed by atoms with Crippen molar-refractivity contribution in [2.24, 2.45) is 14.9 Å². The molecule has 1 unspecified atom stereocenters. The molecule has 0 saturated carbocycles. The quantitative estimate of drug-likeness (QED) is 0.680. The number of hydrogen-bond acceptors (Lipinski definition) is 5. The van der Waals surface area contributed by atoms with Crippen LogP contribution in [0.25, 0.3) is 0 Å². The minimum atomic E-state index is -3.56. The molecule has 0 aliphatic carbocycles.